The molecule has 1 atom stereocenters. The summed E-state index contributed by atoms with van der Waals surface area (Å²) < 4.78 is 19.5. The van der Waals surface area contributed by atoms with Crippen molar-refractivity contribution in [2.75, 3.05) is 0 Å². The van der Waals surface area contributed by atoms with Crippen LogP contribution in [0, 0.1) is 5.82 Å². The molecule has 0 unspecified atom stereocenters. The molecule has 0 spiro atoms. The Kier molecular flexibility index (Phi) is 6.21. The monoisotopic (exact) mass is 363 g/mol. The molecule has 0 heterocycles. The summed E-state index contributed by atoms with van der Waals surface area (Å²) in [7, 11) is 0. The predicted octanol–water partition coefficient (Wildman–Crippen LogP) is 4.89. The van der Waals surface area contributed by atoms with Crippen molar-refractivity contribution in [2.45, 2.75) is 25.5 Å². The molecule has 0 fully saturated rings. The van der Waals surface area contributed by atoms with E-state index in [1.54, 1.807) is 12.1 Å². The second-order valence-electron chi connectivity index (χ2n) is 6.21. The number of para-hydroxylation sites is 1. The number of hydrogen-bond donors (Lipinski definition) is 1. The average Bonchev–Trinajstić information content (AvgIpc) is 2.72. The summed E-state index contributed by atoms with van der Waals surface area (Å²) in [6.07, 6.45) is -0.354. The third kappa shape index (κ3) is 4.73. The molecule has 3 aromatic carbocycles. The predicted molar refractivity (Wildman–Crippen MR) is 104 cm³/mol. The Labute approximate surface area is 158 Å². The van der Waals surface area contributed by atoms with Gasteiger partial charge in [0.05, 0.1) is 6.04 Å². The van der Waals surface area contributed by atoms with E-state index in [9.17, 15) is 9.18 Å². The van der Waals surface area contributed by atoms with E-state index < -0.39 is 11.9 Å². The van der Waals surface area contributed by atoms with Crippen LogP contribution in [0.3, 0.4) is 0 Å². The molecule has 0 saturated heterocycles. The maximum atomic E-state index is 13.9. The van der Waals surface area contributed by atoms with Gasteiger partial charge in [0.25, 0.3) is 5.91 Å². The molecule has 0 aliphatic heterocycles. The third-order valence-electron chi connectivity index (χ3n) is 4.32. The normalized spacial score (nSPS) is 11.8. The molecule has 138 valence electrons. The minimum atomic E-state index is -0.781. The summed E-state index contributed by atoms with van der Waals surface area (Å²) in [5.74, 6) is -0.680. The number of hydrogen-bond acceptors (Lipinski definition) is 2. The van der Waals surface area contributed by atoms with Crippen LogP contribution < -0.4 is 10.1 Å². The zero-order valence-electron chi connectivity index (χ0n) is 15.1. The highest BCUT2D eigenvalue weighted by Crippen LogP contribution is 2.23. The first-order valence-electron chi connectivity index (χ1n) is 9.00. The van der Waals surface area contributed by atoms with Crippen LogP contribution in [0.1, 0.15) is 30.5 Å². The van der Waals surface area contributed by atoms with Crippen LogP contribution in [-0.4, -0.2) is 12.0 Å². The fraction of sp³-hybridized carbons (Fsp3) is 0.174. The van der Waals surface area contributed by atoms with Gasteiger partial charge in [0, 0.05) is 0 Å². The fourth-order valence-corrected chi connectivity index (χ4v) is 2.90. The fourth-order valence-electron chi connectivity index (χ4n) is 2.90. The van der Waals surface area contributed by atoms with Gasteiger partial charge in [-0.2, -0.15) is 0 Å². The molecule has 0 aromatic heterocycles. The van der Waals surface area contributed by atoms with Crippen LogP contribution in [0.4, 0.5) is 4.39 Å². The minimum Gasteiger partial charge on any atom is -0.478 e. The van der Waals surface area contributed by atoms with Crippen molar-refractivity contribution in [3.05, 3.63) is 102 Å². The summed E-state index contributed by atoms with van der Waals surface area (Å²) in [4.78, 5) is 12.9. The van der Waals surface area contributed by atoms with Crippen molar-refractivity contribution >= 4 is 5.91 Å². The summed E-state index contributed by atoms with van der Waals surface area (Å²) in [5, 5.41) is 3.05. The lowest BCUT2D eigenvalue weighted by atomic mass is 9.98. The molecule has 0 aliphatic rings. The van der Waals surface area contributed by atoms with Crippen molar-refractivity contribution in [3.8, 4) is 5.75 Å². The smallest absolute Gasteiger partial charge is 0.261 e. The van der Waals surface area contributed by atoms with E-state index in [0.717, 1.165) is 11.1 Å². The standard InChI is InChI=1S/C23H22FNO2/c1-2-20(27-21-16-10-9-15-19(21)24)23(26)25-22(17-11-5-3-6-12-17)18-13-7-4-8-14-18/h3-16,20,22H,2H2,1H3,(H,25,26)/t20-/m0/s1. The molecule has 0 bridgehead atoms. The molecule has 1 amide bonds. The van der Waals surface area contributed by atoms with Gasteiger partial charge >= 0.3 is 0 Å². The second-order valence-corrected chi connectivity index (χ2v) is 6.21. The number of benzene rings is 3. The van der Waals surface area contributed by atoms with Crippen molar-refractivity contribution in [1.82, 2.24) is 5.32 Å². The molecular formula is C23H22FNO2. The van der Waals surface area contributed by atoms with Gasteiger partial charge in [0.1, 0.15) is 0 Å². The second kappa shape index (κ2) is 8.99. The van der Waals surface area contributed by atoms with Crippen LogP contribution in [0.15, 0.2) is 84.9 Å². The summed E-state index contributed by atoms with van der Waals surface area (Å²) in [6.45, 7) is 1.84. The highest BCUT2D eigenvalue weighted by atomic mass is 19.1. The SMILES string of the molecule is CC[C@H](Oc1ccccc1F)C(=O)NC(c1ccccc1)c1ccccc1. The highest BCUT2D eigenvalue weighted by Gasteiger charge is 2.24. The lowest BCUT2D eigenvalue weighted by Crippen LogP contribution is -2.40. The van der Waals surface area contributed by atoms with Crippen molar-refractivity contribution in [1.29, 1.82) is 0 Å². The molecular weight excluding hydrogens is 341 g/mol. The zero-order valence-corrected chi connectivity index (χ0v) is 15.1. The van der Waals surface area contributed by atoms with Crippen LogP contribution >= 0.6 is 0 Å². The van der Waals surface area contributed by atoms with Crippen molar-refractivity contribution in [3.63, 3.8) is 0 Å². The molecule has 3 rings (SSSR count). The van der Waals surface area contributed by atoms with Gasteiger partial charge in [0.15, 0.2) is 17.7 Å². The lowest BCUT2D eigenvalue weighted by Gasteiger charge is -2.24. The van der Waals surface area contributed by atoms with Crippen LogP contribution in [0.25, 0.3) is 0 Å². The summed E-state index contributed by atoms with van der Waals surface area (Å²) in [6, 6.07) is 25.3. The van der Waals surface area contributed by atoms with Gasteiger partial charge in [0.2, 0.25) is 0 Å². The van der Waals surface area contributed by atoms with Gasteiger partial charge in [-0.25, -0.2) is 4.39 Å². The van der Waals surface area contributed by atoms with Gasteiger partial charge in [-0.1, -0.05) is 79.7 Å². The number of ether oxygens (including phenoxy) is 1. The Morgan fingerprint density at radius 1 is 0.889 bits per heavy atom. The van der Waals surface area contributed by atoms with E-state index in [4.69, 9.17) is 4.74 Å². The zero-order chi connectivity index (χ0) is 19.1. The van der Waals surface area contributed by atoms with Crippen LogP contribution in [0.5, 0.6) is 5.75 Å². The van der Waals surface area contributed by atoms with Gasteiger partial charge < -0.3 is 10.1 Å². The van der Waals surface area contributed by atoms with E-state index in [1.165, 1.54) is 12.1 Å². The first-order chi connectivity index (χ1) is 13.2. The number of rotatable bonds is 7. The number of amides is 1. The molecule has 1 N–H and O–H groups in total. The third-order valence-corrected chi connectivity index (χ3v) is 4.32. The highest BCUT2D eigenvalue weighted by molar-refractivity contribution is 5.82. The molecule has 3 aromatic rings. The number of carbonyl (C=O) groups is 1. The largest absolute Gasteiger partial charge is 0.478 e. The molecule has 3 nitrogen and oxygen atoms in total. The number of halogens is 1. The van der Waals surface area contributed by atoms with Crippen LogP contribution in [-0.2, 0) is 4.79 Å². The first kappa shape index (κ1) is 18.6. The molecule has 4 heteroatoms. The van der Waals surface area contributed by atoms with Crippen molar-refractivity contribution in [2.24, 2.45) is 0 Å². The Morgan fingerprint density at radius 3 is 1.93 bits per heavy atom. The number of nitrogens with one attached hydrogen (secondary N) is 1. The molecule has 27 heavy (non-hydrogen) atoms. The maximum absolute atomic E-state index is 13.9. The Bertz CT molecular complexity index is 828. The van der Waals surface area contributed by atoms with Gasteiger partial charge in [-0.15, -0.1) is 0 Å². The van der Waals surface area contributed by atoms with E-state index in [0.29, 0.717) is 6.42 Å². The summed E-state index contributed by atoms with van der Waals surface area (Å²) >= 11 is 0. The van der Waals surface area contributed by atoms with Gasteiger partial charge in [-0.05, 0) is 29.7 Å². The van der Waals surface area contributed by atoms with E-state index >= 15 is 0 Å². The maximum Gasteiger partial charge on any atom is 0.261 e. The quantitative estimate of drug-likeness (QED) is 0.649. The van der Waals surface area contributed by atoms with E-state index in [2.05, 4.69) is 5.32 Å². The molecule has 0 radical (unpaired) electrons. The summed E-state index contributed by atoms with van der Waals surface area (Å²) in [5.41, 5.74) is 1.94. The minimum absolute atomic E-state index is 0.0791. The number of carbonyl (C=O) groups excluding carboxylic acids is 1. The topological polar surface area (TPSA) is 38.3 Å². The average molecular weight is 363 g/mol. The van der Waals surface area contributed by atoms with Crippen LogP contribution in [0.2, 0.25) is 0 Å². The molecule has 0 aliphatic carbocycles. The lowest BCUT2D eigenvalue weighted by molar-refractivity contribution is -0.128. The van der Waals surface area contributed by atoms with E-state index in [-0.39, 0.29) is 17.7 Å². The Morgan fingerprint density at radius 2 is 1.41 bits per heavy atom. The van der Waals surface area contributed by atoms with Gasteiger partial charge in [-0.3, -0.25) is 4.79 Å². The Balaban J connectivity index is 1.82. The molecule has 0 saturated carbocycles. The van der Waals surface area contributed by atoms with Crippen molar-refractivity contribution < 1.29 is 13.9 Å². The van der Waals surface area contributed by atoms with E-state index in [1.807, 2.05) is 67.6 Å². The Hall–Kier alpha value is -3.14. The first-order valence-corrected chi connectivity index (χ1v) is 9.00.